The van der Waals surface area contributed by atoms with Crippen LogP contribution in [-0.4, -0.2) is 6.17 Å². The first-order chi connectivity index (χ1) is 10.9. The maximum absolute atomic E-state index is 15.1. The van der Waals surface area contributed by atoms with Crippen LogP contribution in [0.4, 0.5) is 4.39 Å². The van der Waals surface area contributed by atoms with Crippen molar-refractivity contribution < 1.29 is 4.39 Å². The Morgan fingerprint density at radius 1 is 1.30 bits per heavy atom. The second-order valence-electron chi connectivity index (χ2n) is 8.96. The summed E-state index contributed by atoms with van der Waals surface area (Å²) in [6.07, 6.45) is 12.6. The minimum Gasteiger partial charge on any atom is -0.242 e. The molecule has 0 spiro atoms. The second-order valence-corrected chi connectivity index (χ2v) is 8.96. The molecule has 1 fully saturated rings. The molecule has 4 rings (SSSR count). The molecule has 0 aromatic rings. The minimum absolute atomic E-state index is 0.125. The van der Waals surface area contributed by atoms with E-state index in [2.05, 4.69) is 45.9 Å². The van der Waals surface area contributed by atoms with Gasteiger partial charge < -0.3 is 0 Å². The van der Waals surface area contributed by atoms with Crippen molar-refractivity contribution in [3.63, 3.8) is 0 Å². The van der Waals surface area contributed by atoms with E-state index in [0.29, 0.717) is 17.8 Å². The lowest BCUT2D eigenvalue weighted by molar-refractivity contribution is 0.119. The van der Waals surface area contributed by atoms with Crippen LogP contribution in [0.15, 0.2) is 34.9 Å². The Balaban J connectivity index is 1.83. The molecule has 1 heteroatoms. The predicted molar refractivity (Wildman–Crippen MR) is 94.9 cm³/mol. The minimum atomic E-state index is -0.762. The van der Waals surface area contributed by atoms with Gasteiger partial charge in [0, 0.05) is 11.8 Å². The van der Waals surface area contributed by atoms with Crippen molar-refractivity contribution in [1.82, 2.24) is 0 Å². The molecule has 4 aliphatic carbocycles. The van der Waals surface area contributed by atoms with Gasteiger partial charge in [0.15, 0.2) is 0 Å². The van der Waals surface area contributed by atoms with E-state index >= 15 is 4.39 Å². The first-order valence-corrected chi connectivity index (χ1v) is 9.66. The fraction of sp³-hybridized carbons (Fsp3) is 0.727. The zero-order valence-electron chi connectivity index (χ0n) is 15.2. The van der Waals surface area contributed by atoms with E-state index in [0.717, 1.165) is 23.8 Å². The topological polar surface area (TPSA) is 0 Å². The van der Waals surface area contributed by atoms with E-state index in [1.165, 1.54) is 31.3 Å². The molecule has 0 amide bonds. The molecule has 1 saturated carbocycles. The van der Waals surface area contributed by atoms with Crippen LogP contribution in [0.2, 0.25) is 0 Å². The maximum atomic E-state index is 15.1. The summed E-state index contributed by atoms with van der Waals surface area (Å²) in [7, 11) is 0. The van der Waals surface area contributed by atoms with E-state index in [4.69, 9.17) is 0 Å². The van der Waals surface area contributed by atoms with Crippen molar-refractivity contribution in [1.29, 1.82) is 0 Å². The molecular formula is C22H31F. The van der Waals surface area contributed by atoms with Crippen molar-refractivity contribution in [3.05, 3.63) is 34.9 Å². The van der Waals surface area contributed by atoms with E-state index < -0.39 is 6.17 Å². The molecule has 0 N–H and O–H groups in total. The highest BCUT2D eigenvalue weighted by Gasteiger charge is 2.56. The summed E-state index contributed by atoms with van der Waals surface area (Å²) in [6.45, 7) is 9.56. The quantitative estimate of drug-likeness (QED) is 0.491. The lowest BCUT2D eigenvalue weighted by atomic mass is 9.54. The molecule has 0 bridgehead atoms. The molecular weight excluding hydrogens is 283 g/mol. The van der Waals surface area contributed by atoms with Crippen molar-refractivity contribution in [3.8, 4) is 0 Å². The van der Waals surface area contributed by atoms with Gasteiger partial charge in [-0.05, 0) is 61.3 Å². The van der Waals surface area contributed by atoms with Gasteiger partial charge in [0.05, 0.1) is 0 Å². The second kappa shape index (κ2) is 5.07. The summed E-state index contributed by atoms with van der Waals surface area (Å²) >= 11 is 0. The number of fused-ring (bicyclic) bond motifs is 4. The Morgan fingerprint density at radius 2 is 2.09 bits per heavy atom. The molecule has 126 valence electrons. The van der Waals surface area contributed by atoms with Gasteiger partial charge in [-0.2, -0.15) is 0 Å². The summed E-state index contributed by atoms with van der Waals surface area (Å²) in [4.78, 5) is 0. The third kappa shape index (κ3) is 1.94. The zero-order chi connectivity index (χ0) is 16.4. The van der Waals surface area contributed by atoms with Gasteiger partial charge >= 0.3 is 0 Å². The molecule has 0 aliphatic heterocycles. The van der Waals surface area contributed by atoms with Gasteiger partial charge in [-0.1, -0.05) is 56.6 Å². The van der Waals surface area contributed by atoms with Crippen LogP contribution in [-0.2, 0) is 0 Å². The third-order valence-electron chi connectivity index (χ3n) is 7.99. The largest absolute Gasteiger partial charge is 0.242 e. The Bertz CT molecular complexity index is 609. The number of halogens is 1. The lowest BCUT2D eigenvalue weighted by Gasteiger charge is -2.51. The van der Waals surface area contributed by atoms with Gasteiger partial charge in [0.2, 0.25) is 0 Å². The Morgan fingerprint density at radius 3 is 2.83 bits per heavy atom. The SMILES string of the molecule is CC[C@H]1C(C)C[C@H]2C3=C(CC[C@@]21C)[C@@]1(C)C=CCC=C1C(F)C3. The van der Waals surface area contributed by atoms with E-state index in [1.54, 1.807) is 5.57 Å². The Kier molecular flexibility index (Phi) is 3.45. The summed E-state index contributed by atoms with van der Waals surface area (Å²) < 4.78 is 15.1. The highest BCUT2D eigenvalue weighted by molar-refractivity contribution is 5.48. The summed E-state index contributed by atoms with van der Waals surface area (Å²) in [5.41, 5.74) is 4.43. The van der Waals surface area contributed by atoms with Gasteiger partial charge in [0.1, 0.15) is 6.17 Å². The molecule has 4 aliphatic rings. The molecule has 0 aromatic heterocycles. The van der Waals surface area contributed by atoms with Gasteiger partial charge in [0.25, 0.3) is 0 Å². The first-order valence-electron chi connectivity index (χ1n) is 9.66. The normalized spacial score (nSPS) is 48.7. The van der Waals surface area contributed by atoms with Crippen LogP contribution >= 0.6 is 0 Å². The third-order valence-corrected chi connectivity index (χ3v) is 7.99. The molecule has 0 nitrogen and oxygen atoms in total. The molecule has 6 atom stereocenters. The molecule has 23 heavy (non-hydrogen) atoms. The maximum Gasteiger partial charge on any atom is 0.126 e. The first kappa shape index (κ1) is 15.7. The van der Waals surface area contributed by atoms with Crippen LogP contribution in [0.1, 0.15) is 66.2 Å². The molecule has 0 aromatic carbocycles. The van der Waals surface area contributed by atoms with Gasteiger partial charge in [-0.3, -0.25) is 0 Å². The average Bonchev–Trinajstić information content (AvgIpc) is 2.77. The number of rotatable bonds is 1. The number of alkyl halides is 1. The standard InChI is InChI=1S/C22H31F/c1-5-16-14(2)12-19-15-13-20(23)18-8-6-7-10-21(18,3)17(15)9-11-22(16,19)4/h7-8,10,14,16,19-20H,5-6,9,11-13H2,1-4H3/t14?,16-,19-,20?,21+,22+/m0/s1. The van der Waals surface area contributed by atoms with Crippen molar-refractivity contribution in [2.24, 2.45) is 28.6 Å². The molecule has 0 heterocycles. The van der Waals surface area contributed by atoms with Gasteiger partial charge in [-0.15, -0.1) is 0 Å². The molecule has 0 radical (unpaired) electrons. The van der Waals surface area contributed by atoms with Gasteiger partial charge in [-0.25, -0.2) is 4.39 Å². The van der Waals surface area contributed by atoms with Crippen molar-refractivity contribution in [2.75, 3.05) is 0 Å². The van der Waals surface area contributed by atoms with Crippen molar-refractivity contribution in [2.45, 2.75) is 72.4 Å². The van der Waals surface area contributed by atoms with E-state index in [9.17, 15) is 0 Å². The highest BCUT2D eigenvalue weighted by Crippen LogP contribution is 2.65. The predicted octanol–water partition coefficient (Wildman–Crippen LogP) is 6.40. The molecule has 2 unspecified atom stereocenters. The van der Waals surface area contributed by atoms with Crippen LogP contribution in [0.5, 0.6) is 0 Å². The smallest absolute Gasteiger partial charge is 0.126 e. The monoisotopic (exact) mass is 314 g/mol. The fourth-order valence-corrected chi connectivity index (χ4v) is 6.94. The van der Waals surface area contributed by atoms with Crippen LogP contribution in [0, 0.1) is 28.6 Å². The average molecular weight is 314 g/mol. The number of hydrogen-bond donors (Lipinski definition) is 0. The lowest BCUT2D eigenvalue weighted by Crippen LogP contribution is -2.42. The van der Waals surface area contributed by atoms with Crippen LogP contribution in [0.25, 0.3) is 0 Å². The van der Waals surface area contributed by atoms with Crippen molar-refractivity contribution >= 4 is 0 Å². The summed E-state index contributed by atoms with van der Waals surface area (Å²) in [5.74, 6) is 2.22. The van der Waals surface area contributed by atoms with E-state index in [1.807, 2.05) is 0 Å². The Labute approximate surface area is 140 Å². The number of allylic oxidation sites excluding steroid dienone is 6. The fourth-order valence-electron chi connectivity index (χ4n) is 6.94. The zero-order valence-corrected chi connectivity index (χ0v) is 15.2. The summed E-state index contributed by atoms with van der Waals surface area (Å²) in [5, 5.41) is 0. The Hall–Kier alpha value is -0.850. The molecule has 0 saturated heterocycles. The summed E-state index contributed by atoms with van der Waals surface area (Å²) in [6, 6.07) is 0. The van der Waals surface area contributed by atoms with E-state index in [-0.39, 0.29) is 5.41 Å². The highest BCUT2D eigenvalue weighted by atomic mass is 19.1. The van der Waals surface area contributed by atoms with Crippen LogP contribution < -0.4 is 0 Å². The van der Waals surface area contributed by atoms with Crippen LogP contribution in [0.3, 0.4) is 0 Å². The number of hydrogen-bond acceptors (Lipinski definition) is 0.